The second-order valence-electron chi connectivity index (χ2n) is 11.1. The number of carbonyl (C=O) groups is 6. The molecule has 10 N–H and O–H groups in total. The van der Waals surface area contributed by atoms with Gasteiger partial charge in [0.2, 0.25) is 35.4 Å². The third kappa shape index (κ3) is 10.6. The van der Waals surface area contributed by atoms with Crippen molar-refractivity contribution < 1.29 is 28.8 Å². The molecule has 0 saturated carbocycles. The van der Waals surface area contributed by atoms with Gasteiger partial charge in [-0.3, -0.25) is 28.8 Å². The van der Waals surface area contributed by atoms with E-state index in [1.165, 1.54) is 51.4 Å². The van der Waals surface area contributed by atoms with E-state index in [-0.39, 0.29) is 19.3 Å². The van der Waals surface area contributed by atoms with Crippen LogP contribution in [0, 0.1) is 5.92 Å². The highest BCUT2D eigenvalue weighted by atomic mass is 16.2. The van der Waals surface area contributed by atoms with E-state index in [2.05, 4.69) is 56.5 Å². The Morgan fingerprint density at radius 2 is 1.07 bits per heavy atom. The lowest BCUT2D eigenvalue weighted by Crippen LogP contribution is -2.60. The van der Waals surface area contributed by atoms with Gasteiger partial charge in [-0.25, -0.2) is 15.0 Å². The van der Waals surface area contributed by atoms with Gasteiger partial charge in [-0.05, 0) is 12.8 Å². The van der Waals surface area contributed by atoms with E-state index >= 15 is 0 Å². The number of rotatable bonds is 17. The molecule has 18 heteroatoms. The lowest BCUT2D eigenvalue weighted by Gasteiger charge is -2.27. The molecule has 18 nitrogen and oxygen atoms in total. The Bertz CT molecular complexity index is 1460. The van der Waals surface area contributed by atoms with E-state index in [9.17, 15) is 28.8 Å². The maximum absolute atomic E-state index is 13.5. The van der Waals surface area contributed by atoms with Gasteiger partial charge in [0.15, 0.2) is 0 Å². The second-order valence-corrected chi connectivity index (χ2v) is 11.1. The summed E-state index contributed by atoms with van der Waals surface area (Å²) in [4.78, 5) is 97.2. The molecule has 3 rings (SSSR count). The fourth-order valence-corrected chi connectivity index (χ4v) is 4.46. The summed E-state index contributed by atoms with van der Waals surface area (Å²) in [6, 6.07) is -5.50. The van der Waals surface area contributed by atoms with Crippen LogP contribution in [-0.2, 0) is 48.0 Å². The first kappa shape index (κ1) is 34.9. The van der Waals surface area contributed by atoms with E-state index in [0.29, 0.717) is 17.1 Å². The Morgan fingerprint density at radius 1 is 0.630 bits per heavy atom. The number of aromatic nitrogens is 6. The van der Waals surface area contributed by atoms with Crippen LogP contribution in [0.4, 0.5) is 0 Å². The van der Waals surface area contributed by atoms with Gasteiger partial charge in [-0.1, -0.05) is 13.8 Å². The Labute approximate surface area is 264 Å². The van der Waals surface area contributed by atoms with E-state index in [1.807, 2.05) is 0 Å². The van der Waals surface area contributed by atoms with Crippen LogP contribution in [0.5, 0.6) is 0 Å². The van der Waals surface area contributed by atoms with Crippen LogP contribution < -0.4 is 32.3 Å². The lowest BCUT2D eigenvalue weighted by molar-refractivity contribution is -0.135. The summed E-state index contributed by atoms with van der Waals surface area (Å²) in [6.45, 7) is 6.10. The van der Waals surface area contributed by atoms with Crippen LogP contribution in [0.25, 0.3) is 0 Å². The molecule has 0 fully saturated rings. The first-order valence-electron chi connectivity index (χ1n) is 14.5. The number of nitrogens with zero attached hydrogens (tertiary/aromatic N) is 3. The minimum Gasteiger partial charge on any atom is -0.368 e. The van der Waals surface area contributed by atoms with Gasteiger partial charge in [0.25, 0.3) is 0 Å². The molecular formula is C28H40N12O6. The largest absolute Gasteiger partial charge is 0.368 e. The zero-order valence-corrected chi connectivity index (χ0v) is 25.9. The molecular weight excluding hydrogens is 600 g/mol. The summed E-state index contributed by atoms with van der Waals surface area (Å²) in [7, 11) is 0. The summed E-state index contributed by atoms with van der Waals surface area (Å²) in [5, 5.41) is 13.0. The van der Waals surface area contributed by atoms with Gasteiger partial charge < -0.3 is 47.3 Å². The Morgan fingerprint density at radius 3 is 1.48 bits per heavy atom. The minimum absolute atomic E-state index is 0.0250. The Balaban J connectivity index is 1.70. The zero-order valence-electron chi connectivity index (χ0n) is 25.9. The molecule has 3 aromatic rings. The average Bonchev–Trinajstić information content (AvgIpc) is 3.79. The number of aromatic amines is 3. The summed E-state index contributed by atoms with van der Waals surface area (Å²) in [5.74, 6) is -4.32. The van der Waals surface area contributed by atoms with E-state index in [0.717, 1.165) is 0 Å². The normalized spacial score (nSPS) is 14.3. The van der Waals surface area contributed by atoms with Crippen molar-refractivity contribution in [3.05, 3.63) is 54.7 Å². The van der Waals surface area contributed by atoms with Crippen LogP contribution in [-0.4, -0.2) is 95.6 Å². The highest BCUT2D eigenvalue weighted by molar-refractivity contribution is 5.96. The first-order chi connectivity index (χ1) is 21.8. The molecule has 3 aromatic heterocycles. The topological polar surface area (TPSA) is 275 Å². The molecule has 0 aromatic carbocycles. The Kier molecular flexibility index (Phi) is 12.5. The van der Waals surface area contributed by atoms with Gasteiger partial charge in [-0.15, -0.1) is 0 Å². The molecule has 0 aliphatic carbocycles. The summed E-state index contributed by atoms with van der Waals surface area (Å²) < 4.78 is 0. The number of amides is 6. The SMILES string of the molecule is CC(=O)N[C@@H](Cc1cnc[nH]1)C(=O)N[C@H](C(=O)N[C@@H](Cc1cnc[nH]1)C(=O)N[C@@H](C)C(=O)N[C@@H](Cc1cnc[nH]1)C(N)=O)C(C)C. The quantitative estimate of drug-likeness (QED) is 0.0752. The minimum atomic E-state index is -1.20. The number of hydrogen-bond acceptors (Lipinski definition) is 9. The van der Waals surface area contributed by atoms with Crippen molar-refractivity contribution in [3.8, 4) is 0 Å². The van der Waals surface area contributed by atoms with E-state index in [1.54, 1.807) is 13.8 Å². The average molecular weight is 641 g/mol. The fraction of sp³-hybridized carbons (Fsp3) is 0.464. The van der Waals surface area contributed by atoms with Crippen LogP contribution in [0.2, 0.25) is 0 Å². The molecule has 0 bridgehead atoms. The van der Waals surface area contributed by atoms with E-state index in [4.69, 9.17) is 5.73 Å². The Hall–Kier alpha value is -5.55. The molecule has 248 valence electrons. The molecule has 3 heterocycles. The number of H-pyrrole nitrogens is 3. The highest BCUT2D eigenvalue weighted by Crippen LogP contribution is 2.08. The third-order valence-electron chi connectivity index (χ3n) is 6.92. The monoisotopic (exact) mass is 640 g/mol. The van der Waals surface area contributed by atoms with E-state index < -0.39 is 71.6 Å². The predicted molar refractivity (Wildman–Crippen MR) is 162 cm³/mol. The molecule has 0 saturated heterocycles. The molecule has 0 aliphatic heterocycles. The number of nitrogens with one attached hydrogen (secondary N) is 8. The summed E-state index contributed by atoms with van der Waals surface area (Å²) >= 11 is 0. The van der Waals surface area contributed by atoms with Crippen molar-refractivity contribution in [1.29, 1.82) is 0 Å². The molecule has 5 atom stereocenters. The first-order valence-corrected chi connectivity index (χ1v) is 14.5. The standard InChI is InChI=1S/C28H40N12O6/c1-14(2)23(40-27(45)21(37-16(4)41)6-18-9-31-12-34-18)28(46)39-22(7-19-10-32-13-35-19)26(44)36-15(3)25(43)38-20(24(29)42)5-17-8-30-11-33-17/h8-15,20-23H,5-7H2,1-4H3,(H2,29,42)(H,30,33)(H,31,34)(H,32,35)(H,36,44)(H,37,41)(H,38,43)(H,39,46)(H,40,45)/t15-,20-,21-,22-,23-/m0/s1. The van der Waals surface area contributed by atoms with Crippen LogP contribution in [0.15, 0.2) is 37.6 Å². The molecule has 0 spiro atoms. The van der Waals surface area contributed by atoms with Crippen LogP contribution in [0.3, 0.4) is 0 Å². The summed E-state index contributed by atoms with van der Waals surface area (Å²) in [6.07, 6.45) is 8.88. The molecule has 0 radical (unpaired) electrons. The summed E-state index contributed by atoms with van der Waals surface area (Å²) in [5.41, 5.74) is 7.14. The zero-order chi connectivity index (χ0) is 33.8. The van der Waals surface area contributed by atoms with Crippen molar-refractivity contribution >= 4 is 35.4 Å². The van der Waals surface area contributed by atoms with Crippen molar-refractivity contribution in [1.82, 2.24) is 56.5 Å². The number of hydrogen-bond donors (Lipinski definition) is 9. The van der Waals surface area contributed by atoms with Gasteiger partial charge >= 0.3 is 0 Å². The van der Waals surface area contributed by atoms with Gasteiger partial charge in [0, 0.05) is 61.9 Å². The smallest absolute Gasteiger partial charge is 0.243 e. The predicted octanol–water partition coefficient (Wildman–Crippen LogP) is -2.51. The third-order valence-corrected chi connectivity index (χ3v) is 6.92. The fourth-order valence-electron chi connectivity index (χ4n) is 4.46. The highest BCUT2D eigenvalue weighted by Gasteiger charge is 2.33. The van der Waals surface area contributed by atoms with Crippen LogP contribution >= 0.6 is 0 Å². The van der Waals surface area contributed by atoms with Crippen molar-refractivity contribution in [2.45, 2.75) is 77.2 Å². The second kappa shape index (κ2) is 16.5. The number of nitrogens with two attached hydrogens (primary N) is 1. The maximum Gasteiger partial charge on any atom is 0.243 e. The van der Waals surface area contributed by atoms with Gasteiger partial charge in [-0.2, -0.15) is 0 Å². The number of imidazole rings is 3. The molecule has 6 amide bonds. The van der Waals surface area contributed by atoms with Gasteiger partial charge in [0.1, 0.15) is 30.2 Å². The molecule has 0 aliphatic rings. The lowest BCUT2D eigenvalue weighted by atomic mass is 10.0. The van der Waals surface area contributed by atoms with Crippen molar-refractivity contribution in [2.24, 2.45) is 11.7 Å². The maximum atomic E-state index is 13.5. The number of primary amides is 1. The van der Waals surface area contributed by atoms with Crippen molar-refractivity contribution in [3.63, 3.8) is 0 Å². The molecule has 0 unspecified atom stereocenters. The van der Waals surface area contributed by atoms with Crippen molar-refractivity contribution in [2.75, 3.05) is 0 Å². The van der Waals surface area contributed by atoms with Gasteiger partial charge in [0.05, 0.1) is 19.0 Å². The molecule has 46 heavy (non-hydrogen) atoms. The van der Waals surface area contributed by atoms with Crippen LogP contribution in [0.1, 0.15) is 44.8 Å². The number of carbonyl (C=O) groups excluding carboxylic acids is 6.